The molecule has 3 aromatic rings. The summed E-state index contributed by atoms with van der Waals surface area (Å²) in [7, 11) is 0. The van der Waals surface area contributed by atoms with Gasteiger partial charge >= 0.3 is 5.69 Å². The fourth-order valence-electron chi connectivity index (χ4n) is 4.78. The highest BCUT2D eigenvalue weighted by Crippen LogP contribution is 2.28. The van der Waals surface area contributed by atoms with E-state index in [0.717, 1.165) is 16.9 Å². The van der Waals surface area contributed by atoms with E-state index < -0.39 is 5.69 Å². The minimum atomic E-state index is -0.496. The Labute approximate surface area is 197 Å². The topological polar surface area (TPSA) is 73.5 Å². The van der Waals surface area contributed by atoms with Crippen molar-refractivity contribution in [2.75, 3.05) is 19.7 Å². The quantitative estimate of drug-likeness (QED) is 0.571. The number of likely N-dealkylation sites (tertiary alicyclic amines) is 1. The van der Waals surface area contributed by atoms with Crippen molar-refractivity contribution >= 4 is 27.5 Å². The normalized spacial score (nSPS) is 18.6. The molecule has 1 saturated heterocycles. The van der Waals surface area contributed by atoms with Gasteiger partial charge in [0.25, 0.3) is 5.56 Å². The molecule has 1 aromatic carbocycles. The zero-order chi connectivity index (χ0) is 23.9. The summed E-state index contributed by atoms with van der Waals surface area (Å²) >= 11 is 1.40. The first-order chi connectivity index (χ1) is 15.7. The Morgan fingerprint density at radius 3 is 2.33 bits per heavy atom. The number of fused-ring (bicyclic) bond motifs is 1. The molecule has 7 nitrogen and oxygen atoms in total. The lowest BCUT2D eigenvalue weighted by Gasteiger charge is -2.35. The molecule has 2 atom stereocenters. The predicted octanol–water partition coefficient (Wildman–Crippen LogP) is 3.73. The molecule has 4 rings (SSSR count). The van der Waals surface area contributed by atoms with Crippen molar-refractivity contribution in [2.45, 2.75) is 47.6 Å². The van der Waals surface area contributed by atoms with E-state index in [2.05, 4.69) is 13.8 Å². The molecule has 0 unspecified atom stereocenters. The van der Waals surface area contributed by atoms with Crippen LogP contribution in [-0.4, -0.2) is 39.6 Å². The van der Waals surface area contributed by atoms with Gasteiger partial charge in [0.2, 0.25) is 5.91 Å². The minimum Gasteiger partial charge on any atom is -0.494 e. The van der Waals surface area contributed by atoms with E-state index in [1.165, 1.54) is 20.5 Å². The van der Waals surface area contributed by atoms with Crippen LogP contribution in [0.25, 0.3) is 15.9 Å². The number of nitrogens with zero attached hydrogens (tertiary/aromatic N) is 3. The summed E-state index contributed by atoms with van der Waals surface area (Å²) in [6.07, 6.45) is 1.10. The van der Waals surface area contributed by atoms with E-state index in [4.69, 9.17) is 4.74 Å². The van der Waals surface area contributed by atoms with Gasteiger partial charge in [0, 0.05) is 18.0 Å². The lowest BCUT2D eigenvalue weighted by molar-refractivity contribution is -0.134. The third-order valence-corrected chi connectivity index (χ3v) is 7.60. The maximum atomic E-state index is 13.6. The van der Waals surface area contributed by atoms with Crippen LogP contribution in [0.3, 0.4) is 0 Å². The summed E-state index contributed by atoms with van der Waals surface area (Å²) in [5, 5.41) is 0.499. The Hall–Kier alpha value is -2.87. The Balaban J connectivity index is 1.84. The average Bonchev–Trinajstić information content (AvgIpc) is 3.06. The van der Waals surface area contributed by atoms with Crippen molar-refractivity contribution in [1.29, 1.82) is 0 Å². The van der Waals surface area contributed by atoms with Crippen molar-refractivity contribution in [1.82, 2.24) is 14.0 Å². The molecule has 1 fully saturated rings. The summed E-state index contributed by atoms with van der Waals surface area (Å²) in [6.45, 7) is 11.9. The smallest absolute Gasteiger partial charge is 0.337 e. The van der Waals surface area contributed by atoms with Gasteiger partial charge < -0.3 is 9.64 Å². The number of rotatable bonds is 5. The second kappa shape index (κ2) is 9.17. The molecule has 0 N–H and O–H groups in total. The van der Waals surface area contributed by atoms with Crippen LogP contribution >= 0.6 is 11.3 Å². The summed E-state index contributed by atoms with van der Waals surface area (Å²) in [6, 6.07) is 6.89. The monoisotopic (exact) mass is 469 g/mol. The molecule has 3 heterocycles. The first-order valence-electron chi connectivity index (χ1n) is 11.5. The number of aromatic nitrogens is 2. The van der Waals surface area contributed by atoms with E-state index in [1.807, 2.05) is 25.7 Å². The number of benzene rings is 1. The van der Waals surface area contributed by atoms with Crippen LogP contribution in [0.4, 0.5) is 0 Å². The molecule has 33 heavy (non-hydrogen) atoms. The van der Waals surface area contributed by atoms with Crippen LogP contribution in [0.2, 0.25) is 0 Å². The molecular formula is C25H31N3O4S. The molecule has 0 bridgehead atoms. The maximum absolute atomic E-state index is 13.6. The first kappa shape index (κ1) is 23.3. The number of amides is 1. The summed E-state index contributed by atoms with van der Waals surface area (Å²) in [5.74, 6) is 1.44. The van der Waals surface area contributed by atoms with Crippen LogP contribution in [0, 0.1) is 25.7 Å². The van der Waals surface area contributed by atoms with Crippen LogP contribution in [0.15, 0.2) is 33.9 Å². The molecule has 1 aliphatic rings. The second-order valence-corrected chi connectivity index (χ2v) is 10.3. The Morgan fingerprint density at radius 2 is 1.73 bits per heavy atom. The second-order valence-electron chi connectivity index (χ2n) is 9.14. The first-order valence-corrected chi connectivity index (χ1v) is 12.3. The summed E-state index contributed by atoms with van der Waals surface area (Å²) in [5.41, 5.74) is 0.454. The van der Waals surface area contributed by atoms with Gasteiger partial charge in [0.05, 0.1) is 17.7 Å². The Bertz CT molecular complexity index is 1290. The molecule has 176 valence electrons. The molecule has 0 spiro atoms. The maximum Gasteiger partial charge on any atom is 0.337 e. The SMILES string of the molecule is CCOc1ccc(-n2c(=O)c3c(C)c(C)sc3n(CC(=O)N3C[C@@H](C)C[C@H](C)C3)c2=O)cc1. The van der Waals surface area contributed by atoms with Crippen molar-refractivity contribution in [3.05, 3.63) is 55.5 Å². The van der Waals surface area contributed by atoms with Crippen LogP contribution in [-0.2, 0) is 11.3 Å². The molecular weight excluding hydrogens is 438 g/mol. The zero-order valence-electron chi connectivity index (χ0n) is 19.9. The van der Waals surface area contributed by atoms with Gasteiger partial charge in [-0.3, -0.25) is 14.2 Å². The number of carbonyl (C=O) groups excluding carboxylic acids is 1. The Kier molecular flexibility index (Phi) is 6.47. The third kappa shape index (κ3) is 4.36. The molecule has 0 saturated carbocycles. The number of thiophene rings is 1. The van der Waals surface area contributed by atoms with Crippen LogP contribution < -0.4 is 16.0 Å². The number of carbonyl (C=O) groups is 1. The van der Waals surface area contributed by atoms with Crippen molar-refractivity contribution in [2.24, 2.45) is 11.8 Å². The number of ether oxygens (including phenoxy) is 1. The third-order valence-electron chi connectivity index (χ3n) is 6.37. The fraction of sp³-hybridized carbons (Fsp3) is 0.480. The fourth-order valence-corrected chi connectivity index (χ4v) is 5.92. The average molecular weight is 470 g/mol. The van der Waals surface area contributed by atoms with Gasteiger partial charge in [-0.05, 0) is 68.9 Å². The van der Waals surface area contributed by atoms with Gasteiger partial charge in [-0.15, -0.1) is 11.3 Å². The lowest BCUT2D eigenvalue weighted by Crippen LogP contribution is -2.46. The lowest BCUT2D eigenvalue weighted by atomic mass is 9.92. The van der Waals surface area contributed by atoms with Crippen LogP contribution in [0.5, 0.6) is 5.75 Å². The summed E-state index contributed by atoms with van der Waals surface area (Å²) in [4.78, 5) is 43.7. The van der Waals surface area contributed by atoms with Crippen molar-refractivity contribution in [3.63, 3.8) is 0 Å². The minimum absolute atomic E-state index is 0.0779. The highest BCUT2D eigenvalue weighted by Gasteiger charge is 2.27. The molecule has 2 aromatic heterocycles. The van der Waals surface area contributed by atoms with Crippen molar-refractivity contribution < 1.29 is 9.53 Å². The predicted molar refractivity (Wildman–Crippen MR) is 132 cm³/mol. The highest BCUT2D eigenvalue weighted by atomic mass is 32.1. The van der Waals surface area contributed by atoms with E-state index >= 15 is 0 Å². The summed E-state index contributed by atoms with van der Waals surface area (Å²) < 4.78 is 8.14. The number of hydrogen-bond donors (Lipinski definition) is 0. The number of hydrogen-bond acceptors (Lipinski definition) is 5. The molecule has 0 aliphatic carbocycles. The largest absolute Gasteiger partial charge is 0.494 e. The number of aryl methyl sites for hydroxylation is 2. The van der Waals surface area contributed by atoms with E-state index in [0.29, 0.717) is 53.2 Å². The van der Waals surface area contributed by atoms with Crippen molar-refractivity contribution in [3.8, 4) is 11.4 Å². The van der Waals surface area contributed by atoms with E-state index in [9.17, 15) is 14.4 Å². The van der Waals surface area contributed by atoms with Gasteiger partial charge in [0.15, 0.2) is 0 Å². The van der Waals surface area contributed by atoms with E-state index in [-0.39, 0.29) is 18.0 Å². The van der Waals surface area contributed by atoms with Gasteiger partial charge in [-0.2, -0.15) is 0 Å². The highest BCUT2D eigenvalue weighted by molar-refractivity contribution is 7.18. The number of piperidine rings is 1. The molecule has 0 radical (unpaired) electrons. The molecule has 1 amide bonds. The zero-order valence-corrected chi connectivity index (χ0v) is 20.7. The van der Waals surface area contributed by atoms with Gasteiger partial charge in [0.1, 0.15) is 17.1 Å². The Morgan fingerprint density at radius 1 is 1.09 bits per heavy atom. The molecule has 8 heteroatoms. The van der Waals surface area contributed by atoms with E-state index in [1.54, 1.807) is 24.3 Å². The standard InChI is InChI=1S/C25H31N3O4S/c1-6-32-20-9-7-19(8-10-20)28-23(30)22-17(4)18(5)33-24(22)27(25(28)31)14-21(29)26-12-15(2)11-16(3)13-26/h7-10,15-16H,6,11-14H2,1-5H3/t15-,16-/m0/s1. The van der Waals surface area contributed by atoms with Gasteiger partial charge in [-0.25, -0.2) is 9.36 Å². The van der Waals surface area contributed by atoms with Gasteiger partial charge in [-0.1, -0.05) is 13.8 Å². The van der Waals surface area contributed by atoms with Crippen LogP contribution in [0.1, 0.15) is 37.6 Å². The molecule has 1 aliphatic heterocycles.